The van der Waals surface area contributed by atoms with Crippen molar-refractivity contribution < 1.29 is 4.74 Å². The van der Waals surface area contributed by atoms with Crippen molar-refractivity contribution in [2.24, 2.45) is 0 Å². The van der Waals surface area contributed by atoms with Gasteiger partial charge in [-0.05, 0) is 74.5 Å². The van der Waals surface area contributed by atoms with E-state index in [9.17, 15) is 0 Å². The summed E-state index contributed by atoms with van der Waals surface area (Å²) in [6.07, 6.45) is 8.65. The number of rotatable bonds is 8. The van der Waals surface area contributed by atoms with Crippen molar-refractivity contribution >= 4 is 34.8 Å². The maximum absolute atomic E-state index is 6.18. The Hall–Kier alpha value is -1.19. The third-order valence-corrected chi connectivity index (χ3v) is 5.70. The average molecular weight is 425 g/mol. The molecule has 0 amide bonds. The van der Waals surface area contributed by atoms with E-state index in [0.717, 1.165) is 36.4 Å². The summed E-state index contributed by atoms with van der Waals surface area (Å²) in [6.45, 7) is 2.12. The van der Waals surface area contributed by atoms with Crippen LogP contribution >= 0.6 is 34.8 Å². The Morgan fingerprint density at radius 1 is 0.963 bits per heavy atom. The minimum absolute atomic E-state index is 0.429. The van der Waals surface area contributed by atoms with Gasteiger partial charge in [-0.1, -0.05) is 52.5 Å². The molecule has 3 rings (SSSR count). The lowest BCUT2D eigenvalue weighted by Gasteiger charge is -2.15. The molecule has 0 bridgehead atoms. The van der Waals surface area contributed by atoms with Gasteiger partial charge in [0.1, 0.15) is 12.4 Å². The van der Waals surface area contributed by atoms with Gasteiger partial charge in [-0.2, -0.15) is 0 Å². The summed E-state index contributed by atoms with van der Waals surface area (Å²) in [6, 6.07) is 11.3. The molecule has 2 aromatic carbocycles. The van der Waals surface area contributed by atoms with Crippen LogP contribution in [0, 0.1) is 0 Å². The molecule has 0 aromatic heterocycles. The van der Waals surface area contributed by atoms with Gasteiger partial charge in [0.15, 0.2) is 0 Å². The van der Waals surface area contributed by atoms with E-state index >= 15 is 0 Å². The zero-order valence-corrected chi connectivity index (χ0v) is 17.5. The standard InChI is InChI=1S/C22H24Cl3NO/c23-19-7-9-22(27-15-17-6-8-20(24)21(25)12-17)18(13-19)14-26-11-10-16-4-2-1-3-5-16/h4,6-9,12-13,26H,1-3,5,10-11,14-15H2. The van der Waals surface area contributed by atoms with Crippen LogP contribution in [-0.2, 0) is 13.2 Å². The number of benzene rings is 2. The molecule has 0 saturated heterocycles. The first-order valence-electron chi connectivity index (χ1n) is 9.35. The van der Waals surface area contributed by atoms with Crippen LogP contribution in [-0.4, -0.2) is 6.54 Å². The lowest BCUT2D eigenvalue weighted by molar-refractivity contribution is 0.302. The van der Waals surface area contributed by atoms with E-state index in [2.05, 4.69) is 11.4 Å². The fourth-order valence-corrected chi connectivity index (χ4v) is 3.74. The Balaban J connectivity index is 1.55. The summed E-state index contributed by atoms with van der Waals surface area (Å²) in [7, 11) is 0. The van der Waals surface area contributed by atoms with Crippen LogP contribution in [0.4, 0.5) is 0 Å². The molecule has 0 aliphatic heterocycles. The first-order valence-corrected chi connectivity index (χ1v) is 10.5. The highest BCUT2D eigenvalue weighted by atomic mass is 35.5. The molecule has 2 aromatic rings. The van der Waals surface area contributed by atoms with Gasteiger partial charge >= 0.3 is 0 Å². The Labute approximate surface area is 176 Å². The maximum atomic E-state index is 6.18. The molecule has 1 aliphatic rings. The number of ether oxygens (including phenoxy) is 1. The SMILES string of the molecule is Clc1ccc(OCc2ccc(Cl)c(Cl)c2)c(CNCCC2=CCCCC2)c1. The van der Waals surface area contributed by atoms with E-state index in [-0.39, 0.29) is 0 Å². The summed E-state index contributed by atoms with van der Waals surface area (Å²) in [5.41, 5.74) is 3.61. The van der Waals surface area contributed by atoms with E-state index in [4.69, 9.17) is 39.5 Å². The summed E-state index contributed by atoms with van der Waals surface area (Å²) >= 11 is 18.2. The van der Waals surface area contributed by atoms with Gasteiger partial charge in [-0.25, -0.2) is 0 Å². The predicted octanol–water partition coefficient (Wildman–Crippen LogP) is 7.21. The third kappa shape index (κ3) is 6.43. The second-order valence-corrected chi connectivity index (χ2v) is 8.07. The smallest absolute Gasteiger partial charge is 0.124 e. The quantitative estimate of drug-likeness (QED) is 0.357. The van der Waals surface area contributed by atoms with Crippen molar-refractivity contribution in [1.29, 1.82) is 0 Å². The normalized spacial score (nSPS) is 14.1. The van der Waals surface area contributed by atoms with Gasteiger partial charge in [0.2, 0.25) is 0 Å². The fraction of sp³-hybridized carbons (Fsp3) is 0.364. The van der Waals surface area contributed by atoms with E-state index in [0.29, 0.717) is 21.7 Å². The molecular weight excluding hydrogens is 401 g/mol. The van der Waals surface area contributed by atoms with Crippen LogP contribution in [0.5, 0.6) is 5.75 Å². The Bertz CT molecular complexity index is 804. The van der Waals surface area contributed by atoms with Crippen molar-refractivity contribution in [2.75, 3.05) is 6.54 Å². The molecule has 27 heavy (non-hydrogen) atoms. The van der Waals surface area contributed by atoms with E-state index < -0.39 is 0 Å². The lowest BCUT2D eigenvalue weighted by atomic mass is 9.97. The highest BCUT2D eigenvalue weighted by Crippen LogP contribution is 2.26. The molecule has 0 saturated carbocycles. The Morgan fingerprint density at radius 3 is 2.63 bits per heavy atom. The van der Waals surface area contributed by atoms with Gasteiger partial charge in [-0.15, -0.1) is 0 Å². The lowest BCUT2D eigenvalue weighted by Crippen LogP contribution is -2.16. The summed E-state index contributed by atoms with van der Waals surface area (Å²) in [4.78, 5) is 0. The maximum Gasteiger partial charge on any atom is 0.124 e. The van der Waals surface area contributed by atoms with Gasteiger partial charge < -0.3 is 10.1 Å². The summed E-state index contributed by atoms with van der Waals surface area (Å²) in [5, 5.41) is 5.31. The fourth-order valence-electron chi connectivity index (χ4n) is 3.22. The summed E-state index contributed by atoms with van der Waals surface area (Å²) < 4.78 is 6.01. The van der Waals surface area contributed by atoms with Gasteiger partial charge in [0.05, 0.1) is 10.0 Å². The zero-order chi connectivity index (χ0) is 19.1. The van der Waals surface area contributed by atoms with Gasteiger partial charge in [-0.3, -0.25) is 0 Å². The molecule has 2 nitrogen and oxygen atoms in total. The molecule has 1 aliphatic carbocycles. The molecular formula is C22H24Cl3NO. The highest BCUT2D eigenvalue weighted by molar-refractivity contribution is 6.42. The molecule has 0 fully saturated rings. The van der Waals surface area contributed by atoms with E-state index in [1.54, 1.807) is 11.6 Å². The van der Waals surface area contributed by atoms with Crippen LogP contribution in [0.25, 0.3) is 0 Å². The number of hydrogen-bond acceptors (Lipinski definition) is 2. The zero-order valence-electron chi connectivity index (χ0n) is 15.2. The molecule has 0 unspecified atom stereocenters. The molecule has 0 radical (unpaired) electrons. The van der Waals surface area contributed by atoms with Gasteiger partial charge in [0.25, 0.3) is 0 Å². The number of allylic oxidation sites excluding steroid dienone is 1. The van der Waals surface area contributed by atoms with Crippen LogP contribution in [0.15, 0.2) is 48.0 Å². The minimum Gasteiger partial charge on any atom is -0.489 e. The Kier molecular flexibility index (Phi) is 7.90. The van der Waals surface area contributed by atoms with Crippen LogP contribution in [0.3, 0.4) is 0 Å². The molecule has 0 spiro atoms. The number of hydrogen-bond donors (Lipinski definition) is 1. The Morgan fingerprint density at radius 2 is 1.85 bits per heavy atom. The molecule has 0 heterocycles. The van der Waals surface area contributed by atoms with E-state index in [1.165, 1.54) is 25.7 Å². The largest absolute Gasteiger partial charge is 0.489 e. The van der Waals surface area contributed by atoms with Crippen molar-refractivity contribution in [3.63, 3.8) is 0 Å². The molecule has 5 heteroatoms. The minimum atomic E-state index is 0.429. The van der Waals surface area contributed by atoms with Crippen LogP contribution in [0.1, 0.15) is 43.2 Å². The van der Waals surface area contributed by atoms with Crippen LogP contribution in [0.2, 0.25) is 15.1 Å². The molecule has 144 valence electrons. The predicted molar refractivity (Wildman–Crippen MR) is 115 cm³/mol. The topological polar surface area (TPSA) is 21.3 Å². The van der Waals surface area contributed by atoms with Crippen molar-refractivity contribution in [3.8, 4) is 5.75 Å². The molecule has 1 N–H and O–H groups in total. The van der Waals surface area contributed by atoms with Crippen molar-refractivity contribution in [2.45, 2.75) is 45.3 Å². The van der Waals surface area contributed by atoms with Crippen molar-refractivity contribution in [1.82, 2.24) is 5.32 Å². The monoisotopic (exact) mass is 423 g/mol. The molecule has 0 atom stereocenters. The van der Waals surface area contributed by atoms with Gasteiger partial charge in [0, 0.05) is 17.1 Å². The van der Waals surface area contributed by atoms with Crippen LogP contribution < -0.4 is 10.1 Å². The number of nitrogens with one attached hydrogen (secondary N) is 1. The second kappa shape index (κ2) is 10.4. The van der Waals surface area contributed by atoms with Crippen molar-refractivity contribution in [3.05, 3.63) is 74.2 Å². The number of halogens is 3. The first-order chi connectivity index (χ1) is 13.1. The highest BCUT2D eigenvalue weighted by Gasteiger charge is 2.08. The third-order valence-electron chi connectivity index (χ3n) is 4.72. The van der Waals surface area contributed by atoms with E-state index in [1.807, 2.05) is 30.3 Å². The average Bonchev–Trinajstić information content (AvgIpc) is 2.68. The second-order valence-electron chi connectivity index (χ2n) is 6.82. The summed E-state index contributed by atoms with van der Waals surface area (Å²) in [5.74, 6) is 0.829. The first kappa shape index (κ1) is 20.5.